The van der Waals surface area contributed by atoms with Crippen LogP contribution in [0.25, 0.3) is 5.69 Å². The molecule has 3 rings (SSSR count). The standard InChI is InChI=1S/C19H26N4O/c1-16-8-10-22(11-9-16)15-19(24)21(2)13-17-12-20-23(14-17)18-6-4-3-5-7-18/h3-7,12,14,16H,8-11,13,15H2,1-2H3. The fraction of sp³-hybridized carbons (Fsp3) is 0.474. The third-order valence-electron chi connectivity index (χ3n) is 4.74. The van der Waals surface area contributed by atoms with Crippen molar-refractivity contribution in [2.75, 3.05) is 26.7 Å². The largest absolute Gasteiger partial charge is 0.340 e. The SMILES string of the molecule is CC1CCN(CC(=O)N(C)Cc2cnn(-c3ccccc3)c2)CC1. The lowest BCUT2D eigenvalue weighted by atomic mass is 9.99. The van der Waals surface area contributed by atoms with E-state index in [4.69, 9.17) is 0 Å². The van der Waals surface area contributed by atoms with E-state index in [1.807, 2.05) is 54.5 Å². The Bertz CT molecular complexity index is 659. The Labute approximate surface area is 143 Å². The predicted molar refractivity (Wildman–Crippen MR) is 94.9 cm³/mol. The molecule has 0 bridgehead atoms. The molecule has 1 amide bonds. The minimum absolute atomic E-state index is 0.178. The van der Waals surface area contributed by atoms with E-state index in [9.17, 15) is 4.79 Å². The Balaban J connectivity index is 1.54. The zero-order valence-corrected chi connectivity index (χ0v) is 14.6. The van der Waals surface area contributed by atoms with Gasteiger partial charge in [-0.05, 0) is 44.0 Å². The summed E-state index contributed by atoms with van der Waals surface area (Å²) in [4.78, 5) is 16.5. The molecule has 0 N–H and O–H groups in total. The number of para-hydroxylation sites is 1. The van der Waals surface area contributed by atoms with Crippen molar-refractivity contribution in [3.8, 4) is 5.69 Å². The van der Waals surface area contributed by atoms with Gasteiger partial charge in [0.1, 0.15) is 0 Å². The number of hydrogen-bond donors (Lipinski definition) is 0. The summed E-state index contributed by atoms with van der Waals surface area (Å²) in [5.74, 6) is 0.968. The molecule has 0 saturated carbocycles. The Hall–Kier alpha value is -2.14. The average molecular weight is 326 g/mol. The van der Waals surface area contributed by atoms with Gasteiger partial charge in [0, 0.05) is 25.4 Å². The van der Waals surface area contributed by atoms with Gasteiger partial charge in [0.25, 0.3) is 0 Å². The Kier molecular flexibility index (Phi) is 5.30. The van der Waals surface area contributed by atoms with E-state index >= 15 is 0 Å². The Morgan fingerprint density at radius 2 is 1.96 bits per heavy atom. The van der Waals surface area contributed by atoms with Gasteiger partial charge >= 0.3 is 0 Å². The molecule has 0 atom stereocenters. The zero-order chi connectivity index (χ0) is 16.9. The molecular weight excluding hydrogens is 300 g/mol. The zero-order valence-electron chi connectivity index (χ0n) is 14.6. The maximum Gasteiger partial charge on any atom is 0.236 e. The summed E-state index contributed by atoms with van der Waals surface area (Å²) in [5, 5.41) is 4.39. The number of benzene rings is 1. The summed E-state index contributed by atoms with van der Waals surface area (Å²) in [6.45, 7) is 5.47. The van der Waals surface area contributed by atoms with Crippen molar-refractivity contribution >= 4 is 5.91 Å². The van der Waals surface area contributed by atoms with Gasteiger partial charge in [-0.2, -0.15) is 5.10 Å². The molecule has 5 nitrogen and oxygen atoms in total. The second-order valence-electron chi connectivity index (χ2n) is 6.84. The lowest BCUT2D eigenvalue weighted by molar-refractivity contribution is -0.132. The number of amides is 1. The van der Waals surface area contributed by atoms with Crippen molar-refractivity contribution in [2.45, 2.75) is 26.3 Å². The second-order valence-corrected chi connectivity index (χ2v) is 6.84. The number of likely N-dealkylation sites (tertiary alicyclic amines) is 1. The van der Waals surface area contributed by atoms with Crippen molar-refractivity contribution in [1.29, 1.82) is 0 Å². The highest BCUT2D eigenvalue weighted by atomic mass is 16.2. The number of hydrogen-bond acceptors (Lipinski definition) is 3. The highest BCUT2D eigenvalue weighted by molar-refractivity contribution is 5.78. The fourth-order valence-corrected chi connectivity index (χ4v) is 3.06. The van der Waals surface area contributed by atoms with Gasteiger partial charge in [-0.1, -0.05) is 25.1 Å². The summed E-state index contributed by atoms with van der Waals surface area (Å²) in [7, 11) is 1.87. The lowest BCUT2D eigenvalue weighted by Crippen LogP contribution is -2.41. The van der Waals surface area contributed by atoms with Crippen LogP contribution in [0.15, 0.2) is 42.7 Å². The third-order valence-corrected chi connectivity index (χ3v) is 4.74. The number of nitrogens with zero attached hydrogens (tertiary/aromatic N) is 4. The van der Waals surface area contributed by atoms with E-state index in [1.165, 1.54) is 12.8 Å². The number of carbonyl (C=O) groups excluding carboxylic acids is 1. The fourth-order valence-electron chi connectivity index (χ4n) is 3.06. The van der Waals surface area contributed by atoms with Crippen LogP contribution in [0.4, 0.5) is 0 Å². The quantitative estimate of drug-likeness (QED) is 0.848. The van der Waals surface area contributed by atoms with Gasteiger partial charge in [-0.15, -0.1) is 0 Å². The topological polar surface area (TPSA) is 41.4 Å². The number of aromatic nitrogens is 2. The minimum atomic E-state index is 0.178. The Morgan fingerprint density at radius 3 is 2.67 bits per heavy atom. The molecule has 1 saturated heterocycles. The van der Waals surface area contributed by atoms with Gasteiger partial charge in [-0.25, -0.2) is 4.68 Å². The molecule has 2 aromatic rings. The Morgan fingerprint density at radius 1 is 1.25 bits per heavy atom. The summed E-state index contributed by atoms with van der Waals surface area (Å²) in [6, 6.07) is 10.0. The first-order valence-electron chi connectivity index (χ1n) is 8.67. The van der Waals surface area contributed by atoms with E-state index in [0.29, 0.717) is 13.1 Å². The van der Waals surface area contributed by atoms with Crippen molar-refractivity contribution in [2.24, 2.45) is 5.92 Å². The van der Waals surface area contributed by atoms with Crippen LogP contribution in [-0.2, 0) is 11.3 Å². The van der Waals surface area contributed by atoms with Gasteiger partial charge < -0.3 is 4.90 Å². The highest BCUT2D eigenvalue weighted by Gasteiger charge is 2.20. The smallest absolute Gasteiger partial charge is 0.236 e. The van der Waals surface area contributed by atoms with Gasteiger partial charge in [0.05, 0.1) is 18.4 Å². The molecule has 2 heterocycles. The molecule has 1 aromatic heterocycles. The normalized spacial score (nSPS) is 16.2. The van der Waals surface area contributed by atoms with Gasteiger partial charge in [0.15, 0.2) is 0 Å². The van der Waals surface area contributed by atoms with Crippen molar-refractivity contribution in [3.05, 3.63) is 48.3 Å². The van der Waals surface area contributed by atoms with Crippen LogP contribution in [0.5, 0.6) is 0 Å². The number of likely N-dealkylation sites (N-methyl/N-ethyl adjacent to an activating group) is 1. The summed E-state index contributed by atoms with van der Waals surface area (Å²) >= 11 is 0. The van der Waals surface area contributed by atoms with E-state index in [2.05, 4.69) is 16.9 Å². The number of piperidine rings is 1. The predicted octanol–water partition coefficient (Wildman–Crippen LogP) is 2.56. The maximum absolute atomic E-state index is 12.4. The van der Waals surface area contributed by atoms with Crippen molar-refractivity contribution in [1.82, 2.24) is 19.6 Å². The van der Waals surface area contributed by atoms with E-state index in [-0.39, 0.29) is 5.91 Å². The minimum Gasteiger partial charge on any atom is -0.340 e. The first kappa shape index (κ1) is 16.7. The molecule has 1 aliphatic heterocycles. The first-order valence-corrected chi connectivity index (χ1v) is 8.67. The molecule has 0 spiro atoms. The molecular formula is C19H26N4O. The van der Waals surface area contributed by atoms with Crippen LogP contribution in [-0.4, -0.2) is 52.2 Å². The van der Waals surface area contributed by atoms with Crippen LogP contribution in [0.2, 0.25) is 0 Å². The second kappa shape index (κ2) is 7.62. The van der Waals surface area contributed by atoms with Crippen molar-refractivity contribution in [3.63, 3.8) is 0 Å². The van der Waals surface area contributed by atoms with Crippen LogP contribution in [0, 0.1) is 5.92 Å². The summed E-state index contributed by atoms with van der Waals surface area (Å²) < 4.78 is 1.85. The van der Waals surface area contributed by atoms with Crippen molar-refractivity contribution < 1.29 is 4.79 Å². The summed E-state index contributed by atoms with van der Waals surface area (Å²) in [5.41, 5.74) is 2.07. The highest BCUT2D eigenvalue weighted by Crippen LogP contribution is 2.16. The molecule has 24 heavy (non-hydrogen) atoms. The molecule has 1 aliphatic rings. The third kappa shape index (κ3) is 4.23. The summed E-state index contributed by atoms with van der Waals surface area (Å²) in [6.07, 6.45) is 6.21. The van der Waals surface area contributed by atoms with Crippen LogP contribution >= 0.6 is 0 Å². The van der Waals surface area contributed by atoms with Crippen LogP contribution in [0.1, 0.15) is 25.3 Å². The van der Waals surface area contributed by atoms with Gasteiger partial charge in [0.2, 0.25) is 5.91 Å². The van der Waals surface area contributed by atoms with Crippen LogP contribution in [0.3, 0.4) is 0 Å². The van der Waals surface area contributed by atoms with E-state index in [1.54, 1.807) is 4.90 Å². The molecule has 0 radical (unpaired) electrons. The number of rotatable bonds is 5. The molecule has 128 valence electrons. The lowest BCUT2D eigenvalue weighted by Gasteiger charge is -2.30. The number of carbonyl (C=O) groups is 1. The first-order chi connectivity index (χ1) is 11.6. The van der Waals surface area contributed by atoms with Crippen LogP contribution < -0.4 is 0 Å². The maximum atomic E-state index is 12.4. The molecule has 0 aliphatic carbocycles. The molecule has 1 fully saturated rings. The molecule has 0 unspecified atom stereocenters. The average Bonchev–Trinajstić information content (AvgIpc) is 3.06. The molecule has 1 aromatic carbocycles. The molecule has 5 heteroatoms. The van der Waals surface area contributed by atoms with E-state index < -0.39 is 0 Å². The van der Waals surface area contributed by atoms with E-state index in [0.717, 1.165) is 30.3 Å². The monoisotopic (exact) mass is 326 g/mol. The van der Waals surface area contributed by atoms with Gasteiger partial charge in [-0.3, -0.25) is 9.69 Å².